The van der Waals surface area contributed by atoms with Crippen molar-refractivity contribution in [3.8, 4) is 17.6 Å². The first-order valence-corrected chi connectivity index (χ1v) is 5.89. The molecule has 6 heteroatoms. The Kier molecular flexibility index (Phi) is 4.24. The molecule has 0 spiro atoms. The van der Waals surface area contributed by atoms with Crippen molar-refractivity contribution in [2.75, 3.05) is 6.61 Å². The van der Waals surface area contributed by atoms with Crippen LogP contribution in [0.25, 0.3) is 0 Å². The van der Waals surface area contributed by atoms with Gasteiger partial charge in [0.25, 0.3) is 0 Å². The Morgan fingerprint density at radius 2 is 2.20 bits per heavy atom. The molecule has 0 amide bonds. The number of carbonyl (C=O) groups excluding carboxylic acids is 1. The Labute approximate surface area is 115 Å². The fraction of sp³-hybridized carbons (Fsp3) is 0.143. The van der Waals surface area contributed by atoms with E-state index in [0.717, 1.165) is 0 Å². The van der Waals surface area contributed by atoms with Gasteiger partial charge in [-0.2, -0.15) is 5.26 Å². The van der Waals surface area contributed by atoms with E-state index in [9.17, 15) is 4.79 Å². The van der Waals surface area contributed by atoms with Crippen molar-refractivity contribution < 1.29 is 14.3 Å². The first kappa shape index (κ1) is 13.5. The Balaban J connectivity index is 2.25. The van der Waals surface area contributed by atoms with E-state index in [1.807, 2.05) is 6.07 Å². The molecule has 0 bridgehead atoms. The quantitative estimate of drug-likeness (QED) is 0.623. The van der Waals surface area contributed by atoms with Crippen molar-refractivity contribution in [2.24, 2.45) is 0 Å². The van der Waals surface area contributed by atoms with Crippen LogP contribution in [0.5, 0.6) is 11.5 Å². The van der Waals surface area contributed by atoms with Gasteiger partial charge in [0.05, 0.1) is 24.4 Å². The molecule has 6 nitrogen and oxygen atoms in total. The predicted octanol–water partition coefficient (Wildman–Crippen LogP) is 1.97. The third kappa shape index (κ3) is 3.09. The highest BCUT2D eigenvalue weighted by Gasteiger charge is 2.14. The van der Waals surface area contributed by atoms with Crippen molar-refractivity contribution in [2.45, 2.75) is 6.92 Å². The number of aromatic nitrogens is 2. The Hall–Kier alpha value is -2.94. The maximum Gasteiger partial charge on any atom is 0.364 e. The summed E-state index contributed by atoms with van der Waals surface area (Å²) in [6.45, 7) is 2.19. The lowest BCUT2D eigenvalue weighted by atomic mass is 10.2. The summed E-state index contributed by atoms with van der Waals surface area (Å²) in [5, 5.41) is 8.85. The van der Waals surface area contributed by atoms with Gasteiger partial charge in [-0.15, -0.1) is 0 Å². The normalized spacial score (nSPS) is 9.60. The number of rotatable bonds is 4. The highest BCUT2D eigenvalue weighted by Crippen LogP contribution is 2.28. The summed E-state index contributed by atoms with van der Waals surface area (Å²) in [7, 11) is 0. The molecule has 0 saturated heterocycles. The summed E-state index contributed by atoms with van der Waals surface area (Å²) in [4.78, 5) is 19.5. The fourth-order valence-corrected chi connectivity index (χ4v) is 1.49. The molecule has 0 aliphatic heterocycles. The Morgan fingerprint density at radius 3 is 2.85 bits per heavy atom. The molecule has 0 unspecified atom stereocenters. The van der Waals surface area contributed by atoms with Gasteiger partial charge < -0.3 is 9.47 Å². The first-order chi connectivity index (χ1) is 9.74. The Morgan fingerprint density at radius 1 is 1.35 bits per heavy atom. The molecule has 20 heavy (non-hydrogen) atoms. The van der Waals surface area contributed by atoms with Crippen molar-refractivity contribution in [3.05, 3.63) is 48.0 Å². The number of nitrogens with zero attached hydrogens (tertiary/aromatic N) is 3. The number of esters is 1. The van der Waals surface area contributed by atoms with Crippen molar-refractivity contribution in [1.29, 1.82) is 5.26 Å². The molecular weight excluding hydrogens is 258 g/mol. The average molecular weight is 269 g/mol. The summed E-state index contributed by atoms with van der Waals surface area (Å²) in [6, 6.07) is 6.57. The molecule has 1 aromatic carbocycles. The molecular formula is C14H11N3O3. The van der Waals surface area contributed by atoms with E-state index in [0.29, 0.717) is 17.9 Å². The molecule has 0 N–H and O–H groups in total. The molecule has 2 aromatic rings. The van der Waals surface area contributed by atoms with E-state index in [1.165, 1.54) is 30.7 Å². The lowest BCUT2D eigenvalue weighted by molar-refractivity contribution is 0.0721. The maximum absolute atomic E-state index is 11.9. The standard InChI is InChI=1S/C14H11N3O3/c1-2-19-13-7-10(8-15)3-4-12(13)20-14(18)11-9-16-5-6-17-11/h3-7,9H,2H2,1H3. The minimum atomic E-state index is -0.635. The van der Waals surface area contributed by atoms with Crippen molar-refractivity contribution in [1.82, 2.24) is 9.97 Å². The van der Waals surface area contributed by atoms with Gasteiger partial charge in [-0.1, -0.05) is 0 Å². The molecule has 0 radical (unpaired) electrons. The molecule has 2 rings (SSSR count). The van der Waals surface area contributed by atoms with Gasteiger partial charge in [0.15, 0.2) is 17.2 Å². The lowest BCUT2D eigenvalue weighted by Crippen LogP contribution is -2.11. The topological polar surface area (TPSA) is 85.1 Å². The molecule has 0 saturated carbocycles. The van der Waals surface area contributed by atoms with Crippen LogP contribution >= 0.6 is 0 Å². The zero-order valence-corrected chi connectivity index (χ0v) is 10.7. The van der Waals surface area contributed by atoms with Crippen LogP contribution in [0.15, 0.2) is 36.8 Å². The van der Waals surface area contributed by atoms with Crippen LogP contribution in [-0.4, -0.2) is 22.5 Å². The van der Waals surface area contributed by atoms with Gasteiger partial charge in [-0.05, 0) is 19.1 Å². The number of ether oxygens (including phenoxy) is 2. The lowest BCUT2D eigenvalue weighted by Gasteiger charge is -2.10. The molecule has 0 atom stereocenters. The van der Waals surface area contributed by atoms with Crippen LogP contribution in [0.4, 0.5) is 0 Å². The SMILES string of the molecule is CCOc1cc(C#N)ccc1OC(=O)c1cnccn1. The van der Waals surface area contributed by atoms with E-state index in [-0.39, 0.29) is 11.4 Å². The molecule has 0 fully saturated rings. The van der Waals surface area contributed by atoms with Crippen LogP contribution in [0.3, 0.4) is 0 Å². The number of benzene rings is 1. The fourth-order valence-electron chi connectivity index (χ4n) is 1.49. The highest BCUT2D eigenvalue weighted by molar-refractivity contribution is 5.88. The van der Waals surface area contributed by atoms with E-state index in [4.69, 9.17) is 14.7 Å². The van der Waals surface area contributed by atoms with Gasteiger partial charge in [0.2, 0.25) is 0 Å². The number of hydrogen-bond donors (Lipinski definition) is 0. The van der Waals surface area contributed by atoms with Crippen molar-refractivity contribution >= 4 is 5.97 Å². The summed E-state index contributed by atoms with van der Waals surface area (Å²) in [5.41, 5.74) is 0.520. The number of hydrogen-bond acceptors (Lipinski definition) is 6. The second kappa shape index (κ2) is 6.29. The van der Waals surface area contributed by atoms with Gasteiger partial charge in [0.1, 0.15) is 0 Å². The van der Waals surface area contributed by atoms with E-state index >= 15 is 0 Å². The maximum atomic E-state index is 11.9. The van der Waals surface area contributed by atoms with E-state index < -0.39 is 5.97 Å². The van der Waals surface area contributed by atoms with Crippen LogP contribution < -0.4 is 9.47 Å². The zero-order chi connectivity index (χ0) is 14.4. The zero-order valence-electron chi connectivity index (χ0n) is 10.7. The van der Waals surface area contributed by atoms with E-state index in [2.05, 4.69) is 9.97 Å². The number of nitriles is 1. The van der Waals surface area contributed by atoms with Gasteiger partial charge in [-0.25, -0.2) is 9.78 Å². The van der Waals surface area contributed by atoms with Crippen LogP contribution in [-0.2, 0) is 0 Å². The van der Waals surface area contributed by atoms with Crippen molar-refractivity contribution in [3.63, 3.8) is 0 Å². The summed E-state index contributed by atoms with van der Waals surface area (Å²) >= 11 is 0. The molecule has 1 aromatic heterocycles. The average Bonchev–Trinajstić information content (AvgIpc) is 2.50. The number of carbonyl (C=O) groups is 1. The van der Waals surface area contributed by atoms with Gasteiger partial charge >= 0.3 is 5.97 Å². The minimum absolute atomic E-state index is 0.0966. The third-order valence-electron chi connectivity index (χ3n) is 2.35. The second-order valence-electron chi connectivity index (χ2n) is 3.69. The minimum Gasteiger partial charge on any atom is -0.490 e. The van der Waals surface area contributed by atoms with Crippen LogP contribution in [0, 0.1) is 11.3 Å². The van der Waals surface area contributed by atoms with Gasteiger partial charge in [0, 0.05) is 18.5 Å². The summed E-state index contributed by atoms with van der Waals surface area (Å²) < 4.78 is 10.6. The third-order valence-corrected chi connectivity index (χ3v) is 2.35. The molecule has 100 valence electrons. The molecule has 0 aliphatic carbocycles. The van der Waals surface area contributed by atoms with Crippen LogP contribution in [0.2, 0.25) is 0 Å². The summed E-state index contributed by atoms with van der Waals surface area (Å²) in [5.74, 6) is -0.0611. The largest absolute Gasteiger partial charge is 0.490 e. The second-order valence-corrected chi connectivity index (χ2v) is 3.69. The monoisotopic (exact) mass is 269 g/mol. The first-order valence-electron chi connectivity index (χ1n) is 5.89. The predicted molar refractivity (Wildman–Crippen MR) is 69.3 cm³/mol. The summed E-state index contributed by atoms with van der Waals surface area (Å²) in [6.07, 6.45) is 4.18. The molecule has 0 aliphatic rings. The smallest absolute Gasteiger partial charge is 0.364 e. The molecule has 1 heterocycles. The van der Waals surface area contributed by atoms with Crippen LogP contribution in [0.1, 0.15) is 23.0 Å². The van der Waals surface area contributed by atoms with Gasteiger partial charge in [-0.3, -0.25) is 4.98 Å². The Bertz CT molecular complexity index is 650. The highest BCUT2D eigenvalue weighted by atomic mass is 16.6. The van der Waals surface area contributed by atoms with E-state index in [1.54, 1.807) is 13.0 Å².